The monoisotopic (exact) mass is 304 g/mol. The van der Waals surface area contributed by atoms with Crippen LogP contribution in [0.4, 0.5) is 5.69 Å². The maximum atomic E-state index is 12.9. The molecule has 0 unspecified atom stereocenters. The van der Waals surface area contributed by atoms with Crippen LogP contribution in [0.5, 0.6) is 0 Å². The number of carbonyl (C=O) groups excluding carboxylic acids is 1. The van der Waals surface area contributed by atoms with E-state index in [0.717, 1.165) is 28.4 Å². The van der Waals surface area contributed by atoms with Crippen molar-refractivity contribution in [1.82, 2.24) is 4.90 Å². The third-order valence-electron chi connectivity index (χ3n) is 4.10. The molecular weight excluding hydrogens is 284 g/mol. The number of rotatable bonds is 4. The molecule has 0 aliphatic heterocycles. The van der Waals surface area contributed by atoms with E-state index in [-0.39, 0.29) is 5.91 Å². The van der Waals surface area contributed by atoms with Gasteiger partial charge in [0, 0.05) is 16.6 Å². The standard InChI is InChI=1S/C16H20N2O2S/c1-11-14(17)9-15(21-11)16(19)18(12-5-2-3-6-12)10-13-7-4-8-20-13/h4,7-9,12H,2-3,5-6,10,17H2,1H3. The highest BCUT2D eigenvalue weighted by atomic mass is 32.1. The van der Waals surface area contributed by atoms with Gasteiger partial charge in [0.1, 0.15) is 5.76 Å². The molecule has 4 nitrogen and oxygen atoms in total. The molecule has 0 spiro atoms. The summed E-state index contributed by atoms with van der Waals surface area (Å²) in [6, 6.07) is 5.89. The summed E-state index contributed by atoms with van der Waals surface area (Å²) in [5, 5.41) is 0. The predicted octanol–water partition coefficient (Wildman–Crippen LogP) is 3.82. The van der Waals surface area contributed by atoms with Crippen molar-refractivity contribution in [3.05, 3.63) is 40.0 Å². The smallest absolute Gasteiger partial charge is 0.264 e. The Morgan fingerprint density at radius 2 is 2.24 bits per heavy atom. The molecule has 1 fully saturated rings. The van der Waals surface area contributed by atoms with Crippen molar-refractivity contribution in [3.8, 4) is 0 Å². The summed E-state index contributed by atoms with van der Waals surface area (Å²) >= 11 is 1.48. The molecule has 2 heterocycles. The predicted molar refractivity (Wildman–Crippen MR) is 84.3 cm³/mol. The van der Waals surface area contributed by atoms with E-state index in [1.807, 2.05) is 24.0 Å². The third-order valence-corrected chi connectivity index (χ3v) is 5.15. The first-order valence-electron chi connectivity index (χ1n) is 7.34. The summed E-state index contributed by atoms with van der Waals surface area (Å²) in [7, 11) is 0. The number of nitrogens with two attached hydrogens (primary N) is 1. The Bertz CT molecular complexity index is 593. The Kier molecular flexibility index (Phi) is 4.01. The first kappa shape index (κ1) is 14.2. The molecule has 1 aliphatic rings. The van der Waals surface area contributed by atoms with Gasteiger partial charge in [0.15, 0.2) is 0 Å². The Morgan fingerprint density at radius 3 is 2.81 bits per heavy atom. The van der Waals surface area contributed by atoms with Crippen LogP contribution in [0.2, 0.25) is 0 Å². The number of nitrogens with zero attached hydrogens (tertiary/aromatic N) is 1. The average molecular weight is 304 g/mol. The van der Waals surface area contributed by atoms with Gasteiger partial charge in [-0.25, -0.2) is 0 Å². The van der Waals surface area contributed by atoms with Gasteiger partial charge in [0.05, 0.1) is 17.7 Å². The van der Waals surface area contributed by atoms with Crippen LogP contribution >= 0.6 is 11.3 Å². The molecular formula is C16H20N2O2S. The number of nitrogen functional groups attached to an aromatic ring is 1. The minimum absolute atomic E-state index is 0.0723. The van der Waals surface area contributed by atoms with Crippen LogP contribution < -0.4 is 5.73 Å². The Labute approximate surface area is 128 Å². The van der Waals surface area contributed by atoms with Crippen molar-refractivity contribution in [2.24, 2.45) is 0 Å². The van der Waals surface area contributed by atoms with Crippen LogP contribution in [-0.4, -0.2) is 16.8 Å². The lowest BCUT2D eigenvalue weighted by atomic mass is 10.2. The molecule has 2 aromatic heterocycles. The summed E-state index contributed by atoms with van der Waals surface area (Å²) in [6.07, 6.45) is 6.19. The molecule has 3 rings (SSSR count). The topological polar surface area (TPSA) is 59.5 Å². The summed E-state index contributed by atoms with van der Waals surface area (Å²) in [6.45, 7) is 2.48. The third kappa shape index (κ3) is 2.97. The van der Waals surface area contributed by atoms with Gasteiger partial charge < -0.3 is 15.1 Å². The normalized spacial score (nSPS) is 15.5. The number of hydrogen-bond donors (Lipinski definition) is 1. The zero-order chi connectivity index (χ0) is 14.8. The number of aryl methyl sites for hydroxylation is 1. The zero-order valence-electron chi connectivity index (χ0n) is 12.2. The summed E-state index contributed by atoms with van der Waals surface area (Å²) in [4.78, 5) is 16.5. The van der Waals surface area contributed by atoms with E-state index < -0.39 is 0 Å². The van der Waals surface area contributed by atoms with Crippen molar-refractivity contribution >= 4 is 22.9 Å². The fourth-order valence-electron chi connectivity index (χ4n) is 2.90. The second-order valence-electron chi connectivity index (χ2n) is 5.57. The molecule has 21 heavy (non-hydrogen) atoms. The van der Waals surface area contributed by atoms with E-state index in [4.69, 9.17) is 10.2 Å². The molecule has 0 radical (unpaired) electrons. The lowest BCUT2D eigenvalue weighted by Crippen LogP contribution is -2.37. The van der Waals surface area contributed by atoms with Crippen molar-refractivity contribution < 1.29 is 9.21 Å². The van der Waals surface area contributed by atoms with Crippen molar-refractivity contribution in [1.29, 1.82) is 0 Å². The molecule has 1 aliphatic carbocycles. The van der Waals surface area contributed by atoms with Gasteiger partial charge >= 0.3 is 0 Å². The fraction of sp³-hybridized carbons (Fsp3) is 0.438. The lowest BCUT2D eigenvalue weighted by molar-refractivity contribution is 0.0654. The highest BCUT2D eigenvalue weighted by Gasteiger charge is 2.29. The van der Waals surface area contributed by atoms with Gasteiger partial charge in [-0.1, -0.05) is 12.8 Å². The quantitative estimate of drug-likeness (QED) is 0.934. The molecule has 0 aromatic carbocycles. The van der Waals surface area contributed by atoms with Crippen LogP contribution in [-0.2, 0) is 6.54 Å². The number of hydrogen-bond acceptors (Lipinski definition) is 4. The van der Waals surface area contributed by atoms with E-state index in [9.17, 15) is 4.79 Å². The fourth-order valence-corrected chi connectivity index (χ4v) is 3.79. The first-order chi connectivity index (χ1) is 10.1. The van der Waals surface area contributed by atoms with E-state index in [1.54, 1.807) is 12.3 Å². The Morgan fingerprint density at radius 1 is 1.48 bits per heavy atom. The number of furan rings is 1. The number of carbonyl (C=O) groups is 1. The van der Waals surface area contributed by atoms with Gasteiger partial charge in [-0.2, -0.15) is 0 Å². The van der Waals surface area contributed by atoms with Crippen molar-refractivity contribution in [2.75, 3.05) is 5.73 Å². The second kappa shape index (κ2) is 5.93. The molecule has 0 bridgehead atoms. The SMILES string of the molecule is Cc1sc(C(=O)N(Cc2ccco2)C2CCCC2)cc1N. The summed E-state index contributed by atoms with van der Waals surface area (Å²) in [5.74, 6) is 0.902. The van der Waals surface area contributed by atoms with Gasteiger partial charge in [0.2, 0.25) is 0 Å². The maximum Gasteiger partial charge on any atom is 0.264 e. The highest BCUT2D eigenvalue weighted by Crippen LogP contribution is 2.30. The van der Waals surface area contributed by atoms with E-state index >= 15 is 0 Å². The summed E-state index contributed by atoms with van der Waals surface area (Å²) < 4.78 is 5.42. The summed E-state index contributed by atoms with van der Waals surface area (Å²) in [5.41, 5.74) is 6.59. The number of amides is 1. The van der Waals surface area contributed by atoms with Crippen molar-refractivity contribution in [3.63, 3.8) is 0 Å². The Balaban J connectivity index is 1.84. The first-order valence-corrected chi connectivity index (χ1v) is 8.16. The average Bonchev–Trinajstić information content (AvgIpc) is 3.19. The van der Waals surface area contributed by atoms with Crippen LogP contribution in [0.25, 0.3) is 0 Å². The van der Waals surface area contributed by atoms with Crippen LogP contribution in [0.3, 0.4) is 0 Å². The lowest BCUT2D eigenvalue weighted by Gasteiger charge is -2.27. The zero-order valence-corrected chi connectivity index (χ0v) is 13.0. The van der Waals surface area contributed by atoms with Crippen molar-refractivity contribution in [2.45, 2.75) is 45.2 Å². The minimum Gasteiger partial charge on any atom is -0.467 e. The van der Waals surface area contributed by atoms with Gasteiger partial charge in [-0.15, -0.1) is 11.3 Å². The van der Waals surface area contributed by atoms with Crippen LogP contribution in [0.1, 0.15) is 46.0 Å². The van der Waals surface area contributed by atoms with E-state index in [2.05, 4.69) is 0 Å². The van der Waals surface area contributed by atoms with Gasteiger partial charge in [-0.05, 0) is 38.0 Å². The molecule has 5 heteroatoms. The van der Waals surface area contributed by atoms with E-state index in [0.29, 0.717) is 18.3 Å². The van der Waals surface area contributed by atoms with Gasteiger partial charge in [-0.3, -0.25) is 4.79 Å². The van der Waals surface area contributed by atoms with Crippen LogP contribution in [0, 0.1) is 6.92 Å². The maximum absolute atomic E-state index is 12.9. The molecule has 2 N–H and O–H groups in total. The molecule has 0 saturated heterocycles. The van der Waals surface area contributed by atoms with Crippen LogP contribution in [0.15, 0.2) is 28.9 Å². The van der Waals surface area contributed by atoms with E-state index in [1.165, 1.54) is 24.2 Å². The molecule has 0 atom stereocenters. The molecule has 2 aromatic rings. The largest absolute Gasteiger partial charge is 0.467 e. The highest BCUT2D eigenvalue weighted by molar-refractivity contribution is 7.14. The molecule has 1 saturated carbocycles. The second-order valence-corrected chi connectivity index (χ2v) is 6.83. The number of thiophene rings is 1. The van der Waals surface area contributed by atoms with Gasteiger partial charge in [0.25, 0.3) is 5.91 Å². The minimum atomic E-state index is 0.0723. The molecule has 112 valence electrons. The Hall–Kier alpha value is -1.75. The number of anilines is 1. The molecule has 1 amide bonds.